The van der Waals surface area contributed by atoms with Gasteiger partial charge in [-0.2, -0.15) is 0 Å². The zero-order valence-electron chi connectivity index (χ0n) is 13.8. The normalized spacial score (nSPS) is 24.7. The lowest BCUT2D eigenvalue weighted by molar-refractivity contribution is -0.146. The number of halogens is 1. The summed E-state index contributed by atoms with van der Waals surface area (Å²) in [4.78, 5) is 38.8. The summed E-state index contributed by atoms with van der Waals surface area (Å²) in [5, 5.41) is 3.38. The maximum Gasteiger partial charge on any atom is 0.247 e. The van der Waals surface area contributed by atoms with Gasteiger partial charge in [0.25, 0.3) is 0 Å². The number of likely N-dealkylation sites (tertiary alicyclic amines) is 1. The van der Waals surface area contributed by atoms with E-state index in [9.17, 15) is 14.4 Å². The number of imide groups is 1. The van der Waals surface area contributed by atoms with Crippen LogP contribution in [-0.4, -0.2) is 28.7 Å². The number of benzene rings is 1. The highest BCUT2D eigenvalue weighted by Crippen LogP contribution is 2.39. The van der Waals surface area contributed by atoms with Crippen LogP contribution in [0, 0.1) is 18.8 Å². The van der Waals surface area contributed by atoms with Crippen molar-refractivity contribution >= 4 is 35.0 Å². The van der Waals surface area contributed by atoms with E-state index >= 15 is 0 Å². The average molecular weight is 349 g/mol. The molecule has 3 amide bonds. The molecule has 128 valence electrons. The van der Waals surface area contributed by atoms with Gasteiger partial charge in [-0.25, -0.2) is 0 Å². The number of nitrogens with zero attached hydrogens (tertiary/aromatic N) is 1. The Hall–Kier alpha value is -1.88. The summed E-state index contributed by atoms with van der Waals surface area (Å²) in [6.07, 6.45) is 3.43. The monoisotopic (exact) mass is 348 g/mol. The fraction of sp³-hybridized carbons (Fsp3) is 0.500. The van der Waals surface area contributed by atoms with Gasteiger partial charge < -0.3 is 5.32 Å². The van der Waals surface area contributed by atoms with Crippen LogP contribution in [-0.2, 0) is 14.4 Å². The lowest BCUT2D eigenvalue weighted by atomic mass is 9.81. The Morgan fingerprint density at radius 1 is 1.21 bits per heavy atom. The zero-order chi connectivity index (χ0) is 17.4. The molecule has 5 nitrogen and oxygen atoms in total. The fourth-order valence-electron chi connectivity index (χ4n) is 3.69. The van der Waals surface area contributed by atoms with Gasteiger partial charge in [-0.1, -0.05) is 24.4 Å². The SMILES string of the molecule is Cc1cc(Cl)ccc1NC(=O)[C@H](C)N1C(=O)C2CCCCC2C1=O. The topological polar surface area (TPSA) is 66.5 Å². The second-order valence-electron chi connectivity index (χ2n) is 6.67. The van der Waals surface area contributed by atoms with Crippen LogP contribution in [0.25, 0.3) is 0 Å². The average Bonchev–Trinajstić information content (AvgIpc) is 2.81. The molecule has 0 aromatic heterocycles. The molecule has 1 saturated heterocycles. The highest BCUT2D eigenvalue weighted by Gasteiger charge is 2.50. The van der Waals surface area contributed by atoms with Crippen molar-refractivity contribution in [3.63, 3.8) is 0 Å². The van der Waals surface area contributed by atoms with Crippen LogP contribution in [0.15, 0.2) is 18.2 Å². The van der Waals surface area contributed by atoms with Crippen molar-refractivity contribution in [2.75, 3.05) is 5.32 Å². The minimum absolute atomic E-state index is 0.194. The molecule has 24 heavy (non-hydrogen) atoms. The van der Waals surface area contributed by atoms with Gasteiger partial charge in [-0.15, -0.1) is 0 Å². The highest BCUT2D eigenvalue weighted by molar-refractivity contribution is 6.30. The first-order valence-electron chi connectivity index (χ1n) is 8.34. The van der Waals surface area contributed by atoms with E-state index in [1.807, 2.05) is 6.92 Å². The van der Waals surface area contributed by atoms with Crippen LogP contribution in [0.4, 0.5) is 5.69 Å². The van der Waals surface area contributed by atoms with E-state index in [4.69, 9.17) is 11.6 Å². The number of hydrogen-bond acceptors (Lipinski definition) is 3. The van der Waals surface area contributed by atoms with Crippen molar-refractivity contribution in [2.24, 2.45) is 11.8 Å². The number of aryl methyl sites for hydroxylation is 1. The molecular formula is C18H21ClN2O3. The molecule has 3 rings (SSSR count). The molecule has 1 aromatic carbocycles. The van der Waals surface area contributed by atoms with Gasteiger partial charge in [0.1, 0.15) is 6.04 Å². The summed E-state index contributed by atoms with van der Waals surface area (Å²) in [5.41, 5.74) is 1.46. The summed E-state index contributed by atoms with van der Waals surface area (Å²) < 4.78 is 0. The van der Waals surface area contributed by atoms with E-state index in [0.717, 1.165) is 31.2 Å². The lowest BCUT2D eigenvalue weighted by Crippen LogP contribution is -2.46. The van der Waals surface area contributed by atoms with Crippen LogP contribution in [0.5, 0.6) is 0 Å². The molecule has 3 atom stereocenters. The van der Waals surface area contributed by atoms with Gasteiger partial charge >= 0.3 is 0 Å². The molecule has 0 spiro atoms. The summed E-state index contributed by atoms with van der Waals surface area (Å²) in [7, 11) is 0. The molecule has 1 aliphatic heterocycles. The van der Waals surface area contributed by atoms with Gasteiger partial charge in [0.2, 0.25) is 17.7 Å². The Balaban J connectivity index is 1.75. The van der Waals surface area contributed by atoms with E-state index in [1.165, 1.54) is 4.90 Å². The van der Waals surface area contributed by atoms with E-state index in [0.29, 0.717) is 10.7 Å². The molecular weight excluding hydrogens is 328 g/mol. The van der Waals surface area contributed by atoms with E-state index in [1.54, 1.807) is 25.1 Å². The molecule has 2 fully saturated rings. The molecule has 2 unspecified atom stereocenters. The van der Waals surface area contributed by atoms with Crippen LogP contribution in [0.3, 0.4) is 0 Å². The predicted molar refractivity (Wildman–Crippen MR) is 91.6 cm³/mol. The van der Waals surface area contributed by atoms with Gasteiger partial charge in [0.05, 0.1) is 11.8 Å². The fourth-order valence-corrected chi connectivity index (χ4v) is 3.92. The maximum atomic E-state index is 12.6. The molecule has 2 aliphatic rings. The van der Waals surface area contributed by atoms with Gasteiger partial charge in [-0.05, 0) is 50.5 Å². The second-order valence-corrected chi connectivity index (χ2v) is 7.10. The van der Waals surface area contributed by atoms with E-state index < -0.39 is 6.04 Å². The minimum atomic E-state index is -0.814. The summed E-state index contributed by atoms with van der Waals surface area (Å²) in [5.74, 6) is -1.22. The summed E-state index contributed by atoms with van der Waals surface area (Å²) in [6, 6.07) is 4.35. The number of anilines is 1. The Bertz CT molecular complexity index is 680. The number of carbonyl (C=O) groups excluding carboxylic acids is 3. The zero-order valence-corrected chi connectivity index (χ0v) is 14.6. The van der Waals surface area contributed by atoms with Crippen LogP contribution >= 0.6 is 11.6 Å². The van der Waals surface area contributed by atoms with Crippen molar-refractivity contribution in [3.8, 4) is 0 Å². The smallest absolute Gasteiger partial charge is 0.247 e. The van der Waals surface area contributed by atoms with Crippen molar-refractivity contribution in [1.29, 1.82) is 0 Å². The molecule has 1 aromatic rings. The van der Waals surface area contributed by atoms with Gasteiger partial charge in [0, 0.05) is 10.7 Å². The van der Waals surface area contributed by atoms with Crippen LogP contribution in [0.1, 0.15) is 38.2 Å². The molecule has 0 radical (unpaired) electrons. The number of amides is 3. The van der Waals surface area contributed by atoms with E-state index in [2.05, 4.69) is 5.32 Å². The first kappa shape index (κ1) is 17.0. The molecule has 1 aliphatic carbocycles. The van der Waals surface area contributed by atoms with Crippen molar-refractivity contribution < 1.29 is 14.4 Å². The Morgan fingerprint density at radius 3 is 2.33 bits per heavy atom. The second kappa shape index (κ2) is 6.55. The quantitative estimate of drug-likeness (QED) is 0.853. The molecule has 1 saturated carbocycles. The third kappa shape index (κ3) is 2.93. The third-order valence-corrected chi connectivity index (χ3v) is 5.32. The first-order chi connectivity index (χ1) is 11.4. The van der Waals surface area contributed by atoms with E-state index in [-0.39, 0.29) is 29.6 Å². The Morgan fingerprint density at radius 2 is 1.79 bits per heavy atom. The van der Waals surface area contributed by atoms with Gasteiger partial charge in [0.15, 0.2) is 0 Å². The van der Waals surface area contributed by atoms with Crippen molar-refractivity contribution in [1.82, 2.24) is 4.90 Å². The lowest BCUT2D eigenvalue weighted by Gasteiger charge is -2.22. The predicted octanol–water partition coefficient (Wildman–Crippen LogP) is 3.15. The standard InChI is InChI=1S/C18H21ClN2O3/c1-10-9-12(19)7-8-15(10)20-16(22)11(2)21-17(23)13-5-3-4-6-14(13)18(21)24/h7-9,11,13-14H,3-6H2,1-2H3,(H,20,22)/t11-,13?,14?/m0/s1. The van der Waals surface area contributed by atoms with Crippen molar-refractivity contribution in [3.05, 3.63) is 28.8 Å². The maximum absolute atomic E-state index is 12.6. The minimum Gasteiger partial charge on any atom is -0.324 e. The molecule has 1 N–H and O–H groups in total. The Labute approximate surface area is 146 Å². The highest BCUT2D eigenvalue weighted by atomic mass is 35.5. The number of fused-ring (bicyclic) bond motifs is 1. The third-order valence-electron chi connectivity index (χ3n) is 5.09. The van der Waals surface area contributed by atoms with Crippen molar-refractivity contribution in [2.45, 2.75) is 45.6 Å². The first-order valence-corrected chi connectivity index (χ1v) is 8.72. The van der Waals surface area contributed by atoms with Gasteiger partial charge in [-0.3, -0.25) is 19.3 Å². The number of rotatable bonds is 3. The summed E-state index contributed by atoms with van der Waals surface area (Å²) >= 11 is 5.92. The number of nitrogens with one attached hydrogen (secondary N) is 1. The van der Waals surface area contributed by atoms with Crippen LogP contribution < -0.4 is 5.32 Å². The molecule has 0 bridgehead atoms. The summed E-state index contributed by atoms with van der Waals surface area (Å²) in [6.45, 7) is 3.45. The molecule has 6 heteroatoms. The molecule has 1 heterocycles. The number of carbonyl (C=O) groups is 3. The number of hydrogen-bond donors (Lipinski definition) is 1. The largest absolute Gasteiger partial charge is 0.324 e. The van der Waals surface area contributed by atoms with Crippen LogP contribution in [0.2, 0.25) is 5.02 Å². The Kier molecular flexibility index (Phi) is 4.63.